The molecule has 0 aliphatic carbocycles. The van der Waals surface area contributed by atoms with Crippen LogP contribution in [0.25, 0.3) is 0 Å². The molecule has 0 fully saturated rings. The topological polar surface area (TPSA) is 130 Å². The standard InChI is InChI=1S/C22H23N3O6/c1-12-17(19(27)31-21(2,3)4)22(14(10-23)18(24)30-12)13-8-6-7-9-15(13)25(20(22)28)11-16(26)29-5/h6-9,14,24H,11H2,1-5H3. The lowest BCUT2D eigenvalue weighted by atomic mass is 9.64. The van der Waals surface area contributed by atoms with E-state index in [1.807, 2.05) is 6.07 Å². The van der Waals surface area contributed by atoms with Gasteiger partial charge in [0.15, 0.2) is 0 Å². The fourth-order valence-corrected chi connectivity index (χ4v) is 4.03. The van der Waals surface area contributed by atoms with Gasteiger partial charge in [0.1, 0.15) is 29.2 Å². The molecule has 2 heterocycles. The number of allylic oxidation sites excluding steroid dienone is 1. The van der Waals surface area contributed by atoms with Crippen LogP contribution in [0.1, 0.15) is 33.3 Å². The number of amides is 1. The number of hydrogen-bond acceptors (Lipinski definition) is 8. The molecule has 1 aromatic rings. The van der Waals surface area contributed by atoms with Gasteiger partial charge in [-0.05, 0) is 39.3 Å². The van der Waals surface area contributed by atoms with Gasteiger partial charge in [-0.25, -0.2) is 4.79 Å². The molecular weight excluding hydrogens is 402 g/mol. The molecule has 1 aromatic carbocycles. The molecule has 0 saturated heterocycles. The molecule has 9 heteroatoms. The van der Waals surface area contributed by atoms with Crippen molar-refractivity contribution in [3.05, 3.63) is 41.2 Å². The number of para-hydroxylation sites is 1. The Morgan fingerprint density at radius 1 is 1.32 bits per heavy atom. The van der Waals surface area contributed by atoms with Crippen LogP contribution < -0.4 is 4.90 Å². The smallest absolute Gasteiger partial charge is 0.339 e. The van der Waals surface area contributed by atoms with E-state index in [1.165, 1.54) is 18.9 Å². The van der Waals surface area contributed by atoms with E-state index in [1.54, 1.807) is 45.0 Å². The van der Waals surface area contributed by atoms with Crippen molar-refractivity contribution in [3.8, 4) is 6.07 Å². The zero-order valence-corrected chi connectivity index (χ0v) is 17.9. The normalized spacial score (nSPS) is 22.7. The lowest BCUT2D eigenvalue weighted by Gasteiger charge is -2.39. The first-order valence-electron chi connectivity index (χ1n) is 9.58. The minimum atomic E-state index is -1.89. The van der Waals surface area contributed by atoms with E-state index in [0.717, 1.165) is 0 Å². The van der Waals surface area contributed by atoms with Gasteiger partial charge in [-0.2, -0.15) is 5.26 Å². The molecular formula is C22H23N3O6. The van der Waals surface area contributed by atoms with Crippen molar-refractivity contribution in [2.24, 2.45) is 5.92 Å². The number of ether oxygens (including phenoxy) is 3. The Labute approximate surface area is 179 Å². The number of esters is 2. The van der Waals surface area contributed by atoms with Crippen molar-refractivity contribution < 1.29 is 28.6 Å². The number of nitrogens with zero attached hydrogens (tertiary/aromatic N) is 2. The summed E-state index contributed by atoms with van der Waals surface area (Å²) in [5.41, 5.74) is -2.26. The number of methoxy groups -OCH3 is 1. The highest BCUT2D eigenvalue weighted by molar-refractivity contribution is 6.20. The Morgan fingerprint density at radius 3 is 2.55 bits per heavy atom. The number of benzene rings is 1. The Bertz CT molecular complexity index is 1060. The van der Waals surface area contributed by atoms with Gasteiger partial charge in [0.2, 0.25) is 11.8 Å². The highest BCUT2D eigenvalue weighted by Crippen LogP contribution is 2.54. The van der Waals surface area contributed by atoms with Crippen molar-refractivity contribution in [1.82, 2.24) is 0 Å². The molecule has 0 radical (unpaired) electrons. The summed E-state index contributed by atoms with van der Waals surface area (Å²) in [7, 11) is 1.20. The molecule has 2 aliphatic heterocycles. The van der Waals surface area contributed by atoms with Gasteiger partial charge in [-0.1, -0.05) is 18.2 Å². The molecule has 3 rings (SSSR count). The largest absolute Gasteiger partial charge is 0.468 e. The van der Waals surface area contributed by atoms with E-state index in [2.05, 4.69) is 0 Å². The number of hydrogen-bond donors (Lipinski definition) is 1. The summed E-state index contributed by atoms with van der Waals surface area (Å²) in [5.74, 6) is -4.10. The Balaban J connectivity index is 2.34. The summed E-state index contributed by atoms with van der Waals surface area (Å²) in [5, 5.41) is 18.2. The average molecular weight is 425 g/mol. The summed E-state index contributed by atoms with van der Waals surface area (Å²) in [6, 6.07) is 8.50. The van der Waals surface area contributed by atoms with Crippen molar-refractivity contribution in [2.45, 2.75) is 38.7 Å². The van der Waals surface area contributed by atoms with Gasteiger partial charge in [-0.15, -0.1) is 0 Å². The van der Waals surface area contributed by atoms with Crippen LogP contribution in [0.15, 0.2) is 35.6 Å². The average Bonchev–Trinajstić information content (AvgIpc) is 2.90. The molecule has 0 bridgehead atoms. The van der Waals surface area contributed by atoms with Gasteiger partial charge < -0.3 is 14.2 Å². The van der Waals surface area contributed by atoms with Crippen LogP contribution in [0.4, 0.5) is 5.69 Å². The van der Waals surface area contributed by atoms with E-state index in [-0.39, 0.29) is 11.3 Å². The first kappa shape index (κ1) is 22.0. The molecule has 31 heavy (non-hydrogen) atoms. The van der Waals surface area contributed by atoms with Crippen molar-refractivity contribution in [3.63, 3.8) is 0 Å². The molecule has 2 unspecified atom stereocenters. The van der Waals surface area contributed by atoms with Gasteiger partial charge >= 0.3 is 11.9 Å². The van der Waals surface area contributed by atoms with Crippen LogP contribution in [-0.4, -0.2) is 43.0 Å². The first-order chi connectivity index (χ1) is 14.5. The molecule has 2 aliphatic rings. The van der Waals surface area contributed by atoms with E-state index >= 15 is 0 Å². The number of fused-ring (bicyclic) bond motifs is 2. The molecule has 2 atom stereocenters. The lowest BCUT2D eigenvalue weighted by molar-refractivity contribution is -0.152. The van der Waals surface area contributed by atoms with Crippen LogP contribution >= 0.6 is 0 Å². The molecule has 1 amide bonds. The van der Waals surface area contributed by atoms with Crippen LogP contribution in [0, 0.1) is 22.7 Å². The number of nitrogens with one attached hydrogen (secondary N) is 1. The predicted molar refractivity (Wildman–Crippen MR) is 109 cm³/mol. The predicted octanol–water partition coefficient (Wildman–Crippen LogP) is 2.21. The van der Waals surface area contributed by atoms with Gasteiger partial charge in [0.05, 0.1) is 18.8 Å². The fraction of sp³-hybridized carbons (Fsp3) is 0.409. The molecule has 162 valence electrons. The summed E-state index contributed by atoms with van der Waals surface area (Å²) >= 11 is 0. The minimum absolute atomic E-state index is 0.00572. The Hall–Kier alpha value is -3.67. The zero-order valence-electron chi connectivity index (χ0n) is 17.9. The number of carbonyl (C=O) groups excluding carboxylic acids is 3. The van der Waals surface area contributed by atoms with Crippen molar-refractivity contribution in [2.75, 3.05) is 18.6 Å². The number of nitriles is 1. The highest BCUT2D eigenvalue weighted by Gasteiger charge is 2.65. The SMILES string of the molecule is COC(=O)CN1C(=O)C2(C(C(=O)OC(C)(C)C)=C(C)OC(=N)C2C#N)c2ccccc21. The van der Waals surface area contributed by atoms with E-state index < -0.39 is 47.2 Å². The van der Waals surface area contributed by atoms with E-state index in [4.69, 9.17) is 19.6 Å². The number of rotatable bonds is 3. The second-order valence-electron chi connectivity index (χ2n) is 8.25. The van der Waals surface area contributed by atoms with Crippen LogP contribution in [-0.2, 0) is 34.0 Å². The highest BCUT2D eigenvalue weighted by atomic mass is 16.6. The van der Waals surface area contributed by atoms with Gasteiger partial charge in [0, 0.05) is 5.69 Å². The van der Waals surface area contributed by atoms with Crippen LogP contribution in [0.3, 0.4) is 0 Å². The summed E-state index contributed by atoms with van der Waals surface area (Å²) in [6.07, 6.45) is 0. The summed E-state index contributed by atoms with van der Waals surface area (Å²) in [4.78, 5) is 40.4. The fourth-order valence-electron chi connectivity index (χ4n) is 4.03. The van der Waals surface area contributed by atoms with Crippen molar-refractivity contribution in [1.29, 1.82) is 10.7 Å². The monoisotopic (exact) mass is 425 g/mol. The first-order valence-corrected chi connectivity index (χ1v) is 9.58. The number of carbonyl (C=O) groups is 3. The van der Waals surface area contributed by atoms with E-state index in [0.29, 0.717) is 11.3 Å². The second-order valence-corrected chi connectivity index (χ2v) is 8.25. The maximum absolute atomic E-state index is 13.9. The number of anilines is 1. The third-order valence-electron chi connectivity index (χ3n) is 5.15. The summed E-state index contributed by atoms with van der Waals surface area (Å²) < 4.78 is 15.7. The van der Waals surface area contributed by atoms with Crippen LogP contribution in [0.5, 0.6) is 0 Å². The van der Waals surface area contributed by atoms with Crippen molar-refractivity contribution >= 4 is 29.4 Å². The Kier molecular flexibility index (Phi) is 5.36. The third kappa shape index (κ3) is 3.34. The maximum atomic E-state index is 13.9. The zero-order chi connectivity index (χ0) is 23.1. The second kappa shape index (κ2) is 7.54. The van der Waals surface area contributed by atoms with Gasteiger partial charge in [0.25, 0.3) is 0 Å². The minimum Gasteiger partial charge on any atom is -0.468 e. The summed E-state index contributed by atoms with van der Waals surface area (Å²) in [6.45, 7) is 6.06. The quantitative estimate of drug-likeness (QED) is 0.735. The maximum Gasteiger partial charge on any atom is 0.339 e. The molecule has 0 saturated carbocycles. The molecule has 9 nitrogen and oxygen atoms in total. The van der Waals surface area contributed by atoms with E-state index in [9.17, 15) is 19.6 Å². The molecule has 0 aromatic heterocycles. The van der Waals surface area contributed by atoms with Gasteiger partial charge in [-0.3, -0.25) is 19.9 Å². The molecule has 1 N–H and O–H groups in total. The Morgan fingerprint density at radius 2 is 1.97 bits per heavy atom. The lowest BCUT2D eigenvalue weighted by Crippen LogP contribution is -2.55. The third-order valence-corrected chi connectivity index (χ3v) is 5.15. The van der Waals surface area contributed by atoms with Crippen LogP contribution in [0.2, 0.25) is 0 Å². The molecule has 1 spiro atoms.